The molecule has 0 saturated carbocycles. The van der Waals surface area contributed by atoms with Crippen LogP contribution < -0.4 is 20.3 Å². The minimum Gasteiger partial charge on any atom is -0.422 e. The average Bonchev–Trinajstić information content (AvgIpc) is 3.00. The van der Waals surface area contributed by atoms with E-state index in [2.05, 4.69) is 52.9 Å². The third-order valence-electron chi connectivity index (χ3n) is 5.47. The standard InChI is InChI=1S/C31H22Br2N4O6/c32-24-11-13-26(42-30(40)20-7-3-1-4-8-20)22(15-24)18-34-36-28(38)17-29(39)37-35-19-23-16-25(33)12-14-27(23)43-31(41)21-9-5-2-6-10-21/h1-16,18-19H,17H2,(H,36,38)(H,37,39). The van der Waals surface area contributed by atoms with Crippen molar-refractivity contribution in [1.29, 1.82) is 0 Å². The largest absolute Gasteiger partial charge is 0.422 e. The first kappa shape index (κ1) is 31.0. The molecule has 0 aromatic heterocycles. The Morgan fingerprint density at radius 3 is 1.40 bits per heavy atom. The van der Waals surface area contributed by atoms with Crippen LogP contribution in [0.4, 0.5) is 0 Å². The van der Waals surface area contributed by atoms with Crippen LogP contribution in [-0.2, 0) is 9.59 Å². The molecule has 4 aromatic rings. The molecule has 0 bridgehead atoms. The highest BCUT2D eigenvalue weighted by atomic mass is 79.9. The number of nitrogens with zero attached hydrogens (tertiary/aromatic N) is 2. The molecule has 0 fully saturated rings. The van der Waals surface area contributed by atoms with Crippen molar-refractivity contribution in [3.8, 4) is 11.5 Å². The van der Waals surface area contributed by atoms with Crippen LogP contribution in [0.3, 0.4) is 0 Å². The summed E-state index contributed by atoms with van der Waals surface area (Å²) in [5.41, 5.74) is 6.07. The fraction of sp³-hybridized carbons (Fsp3) is 0.0323. The Morgan fingerprint density at radius 1 is 0.605 bits per heavy atom. The normalized spacial score (nSPS) is 10.8. The van der Waals surface area contributed by atoms with Gasteiger partial charge in [-0.25, -0.2) is 20.4 Å². The van der Waals surface area contributed by atoms with Gasteiger partial charge < -0.3 is 9.47 Å². The Balaban J connectivity index is 1.31. The van der Waals surface area contributed by atoms with E-state index in [1.807, 2.05) is 0 Å². The summed E-state index contributed by atoms with van der Waals surface area (Å²) in [6, 6.07) is 26.8. The second-order valence-electron chi connectivity index (χ2n) is 8.64. The van der Waals surface area contributed by atoms with E-state index in [1.54, 1.807) is 97.1 Å². The second-order valence-corrected chi connectivity index (χ2v) is 10.5. The van der Waals surface area contributed by atoms with Crippen molar-refractivity contribution in [1.82, 2.24) is 10.9 Å². The van der Waals surface area contributed by atoms with Crippen molar-refractivity contribution in [3.05, 3.63) is 128 Å². The van der Waals surface area contributed by atoms with E-state index >= 15 is 0 Å². The lowest BCUT2D eigenvalue weighted by molar-refractivity contribution is -0.129. The van der Waals surface area contributed by atoms with Crippen LogP contribution in [0.2, 0.25) is 0 Å². The number of benzene rings is 4. The number of amides is 2. The van der Waals surface area contributed by atoms with E-state index < -0.39 is 30.2 Å². The number of carbonyl (C=O) groups is 4. The summed E-state index contributed by atoms with van der Waals surface area (Å²) in [7, 11) is 0. The molecule has 0 unspecified atom stereocenters. The molecule has 0 saturated heterocycles. The van der Waals surface area contributed by atoms with Crippen LogP contribution in [0, 0.1) is 0 Å². The van der Waals surface area contributed by atoms with Crippen molar-refractivity contribution < 1.29 is 28.7 Å². The van der Waals surface area contributed by atoms with E-state index in [4.69, 9.17) is 9.47 Å². The maximum Gasteiger partial charge on any atom is 0.343 e. The molecule has 0 spiro atoms. The first-order valence-corrected chi connectivity index (χ1v) is 14.1. The number of ether oxygens (including phenoxy) is 2. The van der Waals surface area contributed by atoms with Crippen molar-refractivity contribution in [3.63, 3.8) is 0 Å². The van der Waals surface area contributed by atoms with Gasteiger partial charge in [0.1, 0.15) is 17.9 Å². The maximum atomic E-state index is 12.4. The lowest BCUT2D eigenvalue weighted by Crippen LogP contribution is -2.27. The van der Waals surface area contributed by atoms with Gasteiger partial charge in [-0.1, -0.05) is 68.3 Å². The maximum absolute atomic E-state index is 12.4. The summed E-state index contributed by atoms with van der Waals surface area (Å²) in [4.78, 5) is 49.4. The highest BCUT2D eigenvalue weighted by molar-refractivity contribution is 9.10. The average molecular weight is 706 g/mol. The highest BCUT2D eigenvalue weighted by Gasteiger charge is 2.13. The molecule has 0 radical (unpaired) electrons. The Labute approximate surface area is 263 Å². The smallest absolute Gasteiger partial charge is 0.343 e. The number of hydrogen-bond donors (Lipinski definition) is 2. The van der Waals surface area contributed by atoms with Gasteiger partial charge in [-0.3, -0.25) is 9.59 Å². The number of halogens is 2. The minimum atomic E-state index is -0.707. The molecule has 4 aromatic carbocycles. The van der Waals surface area contributed by atoms with Crippen molar-refractivity contribution >= 4 is 68.0 Å². The van der Waals surface area contributed by atoms with Gasteiger partial charge in [-0.05, 0) is 60.7 Å². The summed E-state index contributed by atoms with van der Waals surface area (Å²) >= 11 is 6.70. The molecule has 0 aliphatic rings. The number of carbonyl (C=O) groups excluding carboxylic acids is 4. The molecular formula is C31H22Br2N4O6. The van der Waals surface area contributed by atoms with E-state index in [0.717, 1.165) is 0 Å². The Hall–Kier alpha value is -4.94. The molecule has 0 aliphatic heterocycles. The first-order valence-electron chi connectivity index (χ1n) is 12.6. The van der Waals surface area contributed by atoms with Gasteiger partial charge in [0, 0.05) is 20.1 Å². The minimum absolute atomic E-state index is 0.225. The number of nitrogens with one attached hydrogen (secondary N) is 2. The monoisotopic (exact) mass is 704 g/mol. The Morgan fingerprint density at radius 2 is 1.00 bits per heavy atom. The van der Waals surface area contributed by atoms with E-state index in [-0.39, 0.29) is 11.5 Å². The van der Waals surface area contributed by atoms with Gasteiger partial charge in [0.25, 0.3) is 0 Å². The molecule has 10 nitrogen and oxygen atoms in total. The van der Waals surface area contributed by atoms with Crippen LogP contribution in [0.5, 0.6) is 11.5 Å². The molecule has 0 atom stereocenters. The predicted octanol–water partition coefficient (Wildman–Crippen LogP) is 5.64. The zero-order chi connectivity index (χ0) is 30.6. The zero-order valence-electron chi connectivity index (χ0n) is 22.2. The molecule has 4 rings (SSSR count). The fourth-order valence-electron chi connectivity index (χ4n) is 3.46. The number of esters is 2. The molecule has 43 heavy (non-hydrogen) atoms. The molecule has 0 heterocycles. The summed E-state index contributed by atoms with van der Waals surface area (Å²) in [6.07, 6.45) is 2.01. The predicted molar refractivity (Wildman–Crippen MR) is 167 cm³/mol. The molecule has 2 N–H and O–H groups in total. The zero-order valence-corrected chi connectivity index (χ0v) is 25.4. The summed E-state index contributed by atoms with van der Waals surface area (Å²) in [6.45, 7) is 0. The van der Waals surface area contributed by atoms with Gasteiger partial charge in [0.2, 0.25) is 11.8 Å². The SMILES string of the molecule is O=C(CC(=O)NN=Cc1cc(Br)ccc1OC(=O)c1ccccc1)NN=Cc1cc(Br)ccc1OC(=O)c1ccccc1. The van der Waals surface area contributed by atoms with Crippen LogP contribution >= 0.6 is 31.9 Å². The molecule has 2 amide bonds. The third-order valence-corrected chi connectivity index (χ3v) is 6.46. The third kappa shape index (κ3) is 9.55. The van der Waals surface area contributed by atoms with Crippen LogP contribution in [0.15, 0.2) is 116 Å². The number of hydrogen-bond acceptors (Lipinski definition) is 8. The summed E-state index contributed by atoms with van der Waals surface area (Å²) in [5, 5.41) is 7.74. The summed E-state index contributed by atoms with van der Waals surface area (Å²) < 4.78 is 12.3. The van der Waals surface area contributed by atoms with Gasteiger partial charge in [-0.15, -0.1) is 0 Å². The van der Waals surface area contributed by atoms with Gasteiger partial charge in [0.15, 0.2) is 0 Å². The van der Waals surface area contributed by atoms with Gasteiger partial charge >= 0.3 is 11.9 Å². The van der Waals surface area contributed by atoms with Crippen LogP contribution in [-0.4, -0.2) is 36.2 Å². The van der Waals surface area contributed by atoms with Crippen LogP contribution in [0.25, 0.3) is 0 Å². The molecule has 216 valence electrons. The van der Waals surface area contributed by atoms with Crippen LogP contribution in [0.1, 0.15) is 38.3 Å². The second kappa shape index (κ2) is 15.3. The lowest BCUT2D eigenvalue weighted by atomic mass is 10.2. The van der Waals surface area contributed by atoms with Crippen molar-refractivity contribution in [2.24, 2.45) is 10.2 Å². The van der Waals surface area contributed by atoms with Gasteiger partial charge in [-0.2, -0.15) is 10.2 Å². The number of rotatable bonds is 10. The molecular weight excluding hydrogens is 684 g/mol. The van der Waals surface area contributed by atoms with E-state index in [0.29, 0.717) is 31.2 Å². The van der Waals surface area contributed by atoms with Crippen molar-refractivity contribution in [2.45, 2.75) is 6.42 Å². The highest BCUT2D eigenvalue weighted by Crippen LogP contribution is 2.24. The fourth-order valence-corrected chi connectivity index (χ4v) is 4.22. The van der Waals surface area contributed by atoms with E-state index in [1.165, 1.54) is 12.4 Å². The Bertz CT molecular complexity index is 1570. The van der Waals surface area contributed by atoms with Crippen molar-refractivity contribution in [2.75, 3.05) is 0 Å². The van der Waals surface area contributed by atoms with Gasteiger partial charge in [0.05, 0.1) is 23.6 Å². The first-order chi connectivity index (χ1) is 20.8. The topological polar surface area (TPSA) is 136 Å². The molecule has 0 aliphatic carbocycles. The number of hydrazone groups is 2. The van der Waals surface area contributed by atoms with E-state index in [9.17, 15) is 19.2 Å². The quantitative estimate of drug-likeness (QED) is 0.0721. The lowest BCUT2D eigenvalue weighted by Gasteiger charge is -2.08. The summed E-state index contributed by atoms with van der Waals surface area (Å²) in [5.74, 6) is -2.07. The Kier molecular flexibility index (Phi) is 11.1. The molecule has 12 heteroatoms.